The number of hydrogen-bond donors (Lipinski definition) is 1. The minimum absolute atomic E-state index is 0.225. The predicted molar refractivity (Wildman–Crippen MR) is 63.9 cm³/mol. The van der Waals surface area contributed by atoms with Crippen molar-refractivity contribution < 1.29 is 17.9 Å². The summed E-state index contributed by atoms with van der Waals surface area (Å²) in [6.45, 7) is 1.54. The summed E-state index contributed by atoms with van der Waals surface area (Å²) in [6, 6.07) is 7.24. The molecule has 0 fully saturated rings. The van der Waals surface area contributed by atoms with Crippen LogP contribution in [-0.4, -0.2) is 11.3 Å². The molecule has 1 N–H and O–H groups in total. The van der Waals surface area contributed by atoms with Crippen molar-refractivity contribution in [1.82, 2.24) is 4.98 Å². The Morgan fingerprint density at radius 3 is 2.47 bits per heavy atom. The number of hydrogen-bond acceptors (Lipinski definition) is 2. The molecule has 0 saturated heterocycles. The Kier molecular flexibility index (Phi) is 3.33. The Morgan fingerprint density at radius 2 is 1.79 bits per heavy atom. The van der Waals surface area contributed by atoms with Gasteiger partial charge in [0.1, 0.15) is 5.75 Å². The molecular formula is C13H10F3NO2. The normalized spacial score (nSPS) is 11.4. The highest BCUT2D eigenvalue weighted by atomic mass is 19.4. The van der Waals surface area contributed by atoms with Crippen LogP contribution in [0.4, 0.5) is 13.2 Å². The lowest BCUT2D eigenvalue weighted by molar-refractivity contribution is -0.274. The standard InChI is InChI=1S/C13H10F3NO2/c1-8-9(6-7-17-12(8)18)10-4-2-3-5-11(10)19-13(14,15)16/h2-7H,1H3,(H,17,18). The van der Waals surface area contributed by atoms with Crippen LogP contribution in [0.5, 0.6) is 5.75 Å². The average Bonchev–Trinajstić information content (AvgIpc) is 2.32. The van der Waals surface area contributed by atoms with Gasteiger partial charge in [-0.1, -0.05) is 18.2 Å². The van der Waals surface area contributed by atoms with Gasteiger partial charge in [-0.05, 0) is 24.6 Å². The van der Waals surface area contributed by atoms with Gasteiger partial charge in [-0.3, -0.25) is 4.79 Å². The highest BCUT2D eigenvalue weighted by Gasteiger charge is 2.32. The second kappa shape index (κ2) is 4.79. The number of pyridine rings is 1. The summed E-state index contributed by atoms with van der Waals surface area (Å²) in [4.78, 5) is 13.9. The Labute approximate surface area is 106 Å². The van der Waals surface area contributed by atoms with Gasteiger partial charge in [-0.15, -0.1) is 13.2 Å². The largest absolute Gasteiger partial charge is 0.573 e. The first-order chi connectivity index (χ1) is 8.88. The lowest BCUT2D eigenvalue weighted by atomic mass is 10.0. The molecule has 100 valence electrons. The van der Waals surface area contributed by atoms with E-state index >= 15 is 0 Å². The smallest absolute Gasteiger partial charge is 0.405 e. The summed E-state index contributed by atoms with van der Waals surface area (Å²) in [5, 5.41) is 0. The van der Waals surface area contributed by atoms with Gasteiger partial charge >= 0.3 is 6.36 Å². The summed E-state index contributed by atoms with van der Waals surface area (Å²) in [7, 11) is 0. The van der Waals surface area contributed by atoms with Gasteiger partial charge in [-0.2, -0.15) is 0 Å². The number of halogens is 3. The number of aromatic amines is 1. The molecule has 0 bridgehead atoms. The highest BCUT2D eigenvalue weighted by Crippen LogP contribution is 2.34. The molecule has 6 heteroatoms. The molecule has 19 heavy (non-hydrogen) atoms. The van der Waals surface area contributed by atoms with Crippen molar-refractivity contribution in [2.45, 2.75) is 13.3 Å². The van der Waals surface area contributed by atoms with E-state index < -0.39 is 6.36 Å². The van der Waals surface area contributed by atoms with Gasteiger partial charge in [0, 0.05) is 17.3 Å². The topological polar surface area (TPSA) is 42.1 Å². The molecule has 1 heterocycles. The number of benzene rings is 1. The maximum Gasteiger partial charge on any atom is 0.573 e. The van der Waals surface area contributed by atoms with E-state index in [9.17, 15) is 18.0 Å². The zero-order valence-corrected chi connectivity index (χ0v) is 9.91. The van der Waals surface area contributed by atoms with Gasteiger partial charge < -0.3 is 9.72 Å². The van der Waals surface area contributed by atoms with Crippen LogP contribution in [0.2, 0.25) is 0 Å². The zero-order valence-electron chi connectivity index (χ0n) is 9.91. The fraction of sp³-hybridized carbons (Fsp3) is 0.154. The molecule has 0 unspecified atom stereocenters. The van der Waals surface area contributed by atoms with Crippen molar-refractivity contribution >= 4 is 0 Å². The van der Waals surface area contributed by atoms with Crippen LogP contribution in [0, 0.1) is 6.92 Å². The van der Waals surface area contributed by atoms with Crippen LogP contribution >= 0.6 is 0 Å². The van der Waals surface area contributed by atoms with Gasteiger partial charge in [0.25, 0.3) is 5.56 Å². The number of aromatic nitrogens is 1. The molecule has 1 aromatic heterocycles. The first-order valence-corrected chi connectivity index (χ1v) is 5.42. The summed E-state index contributed by atoms with van der Waals surface area (Å²) in [6.07, 6.45) is -3.39. The minimum atomic E-state index is -4.77. The summed E-state index contributed by atoms with van der Waals surface area (Å²) < 4.78 is 41.0. The second-order valence-corrected chi connectivity index (χ2v) is 3.89. The fourth-order valence-corrected chi connectivity index (χ4v) is 1.75. The van der Waals surface area contributed by atoms with Gasteiger partial charge in [0.2, 0.25) is 0 Å². The zero-order chi connectivity index (χ0) is 14.0. The Morgan fingerprint density at radius 1 is 1.11 bits per heavy atom. The molecule has 0 spiro atoms. The SMILES string of the molecule is Cc1c(-c2ccccc2OC(F)(F)F)cc[nH]c1=O. The van der Waals surface area contributed by atoms with E-state index in [1.807, 2.05) is 0 Å². The number of nitrogens with one attached hydrogen (secondary N) is 1. The van der Waals surface area contributed by atoms with E-state index in [1.54, 1.807) is 13.0 Å². The summed E-state index contributed by atoms with van der Waals surface area (Å²) in [5.41, 5.74) is 0.618. The maximum atomic E-state index is 12.3. The van der Waals surface area contributed by atoms with Crippen LogP contribution in [0.3, 0.4) is 0 Å². The molecule has 2 rings (SSSR count). The van der Waals surface area contributed by atoms with Gasteiger partial charge in [0.05, 0.1) is 0 Å². The lowest BCUT2D eigenvalue weighted by Gasteiger charge is -2.14. The van der Waals surface area contributed by atoms with Crippen LogP contribution in [0.25, 0.3) is 11.1 Å². The third-order valence-electron chi connectivity index (χ3n) is 2.61. The Balaban J connectivity index is 2.57. The number of alkyl halides is 3. The minimum Gasteiger partial charge on any atom is -0.405 e. The van der Waals surface area contributed by atoms with Crippen molar-refractivity contribution in [3.63, 3.8) is 0 Å². The molecule has 0 amide bonds. The number of H-pyrrole nitrogens is 1. The van der Waals surface area contributed by atoms with Crippen molar-refractivity contribution in [3.05, 3.63) is 52.4 Å². The lowest BCUT2D eigenvalue weighted by Crippen LogP contribution is -2.18. The second-order valence-electron chi connectivity index (χ2n) is 3.89. The molecular weight excluding hydrogens is 259 g/mol. The van der Waals surface area contributed by atoms with E-state index in [2.05, 4.69) is 9.72 Å². The van der Waals surface area contributed by atoms with Crippen LogP contribution in [0.15, 0.2) is 41.3 Å². The molecule has 1 aromatic carbocycles. The first-order valence-electron chi connectivity index (χ1n) is 5.42. The van der Waals surface area contributed by atoms with Crippen LogP contribution in [0.1, 0.15) is 5.56 Å². The first kappa shape index (κ1) is 13.2. The predicted octanol–water partition coefficient (Wildman–Crippen LogP) is 3.25. The fourth-order valence-electron chi connectivity index (χ4n) is 1.75. The number of ether oxygens (including phenoxy) is 1. The summed E-state index contributed by atoms with van der Waals surface area (Å²) in [5.74, 6) is -0.330. The quantitative estimate of drug-likeness (QED) is 0.909. The molecule has 0 aliphatic carbocycles. The molecule has 0 aliphatic rings. The molecule has 3 nitrogen and oxygen atoms in total. The Bertz CT molecular complexity index is 647. The monoisotopic (exact) mass is 269 g/mol. The molecule has 0 aliphatic heterocycles. The van der Waals surface area contributed by atoms with Crippen molar-refractivity contribution in [1.29, 1.82) is 0 Å². The molecule has 0 saturated carbocycles. The number of rotatable bonds is 2. The van der Waals surface area contributed by atoms with Gasteiger partial charge in [0.15, 0.2) is 0 Å². The van der Waals surface area contributed by atoms with E-state index in [0.717, 1.165) is 0 Å². The third-order valence-corrected chi connectivity index (χ3v) is 2.61. The highest BCUT2D eigenvalue weighted by molar-refractivity contribution is 5.72. The van der Waals surface area contributed by atoms with Crippen molar-refractivity contribution in [2.24, 2.45) is 0 Å². The molecule has 2 aromatic rings. The molecule has 0 atom stereocenters. The van der Waals surface area contributed by atoms with E-state index in [-0.39, 0.29) is 16.9 Å². The third kappa shape index (κ3) is 2.96. The molecule has 0 radical (unpaired) electrons. The van der Waals surface area contributed by atoms with E-state index in [0.29, 0.717) is 11.1 Å². The van der Waals surface area contributed by atoms with Crippen molar-refractivity contribution in [2.75, 3.05) is 0 Å². The van der Waals surface area contributed by atoms with Crippen LogP contribution in [-0.2, 0) is 0 Å². The van der Waals surface area contributed by atoms with Crippen molar-refractivity contribution in [3.8, 4) is 16.9 Å². The summed E-state index contributed by atoms with van der Waals surface area (Å²) >= 11 is 0. The maximum absolute atomic E-state index is 12.3. The van der Waals surface area contributed by atoms with E-state index in [4.69, 9.17) is 0 Å². The van der Waals surface area contributed by atoms with E-state index in [1.165, 1.54) is 30.5 Å². The number of para-hydroxylation sites is 1. The van der Waals surface area contributed by atoms with Crippen LogP contribution < -0.4 is 10.3 Å². The van der Waals surface area contributed by atoms with Gasteiger partial charge in [-0.25, -0.2) is 0 Å². The average molecular weight is 269 g/mol. The Hall–Kier alpha value is -2.24.